The molecule has 0 aliphatic heterocycles. The molecule has 3 aromatic rings. The average molecular weight is 417 g/mol. The quantitative estimate of drug-likeness (QED) is 0.635. The van der Waals surface area contributed by atoms with Crippen LogP contribution < -0.4 is 5.73 Å². The smallest absolute Gasteiger partial charge is 0.410 e. The van der Waals surface area contributed by atoms with Gasteiger partial charge in [0.2, 0.25) is 0 Å². The van der Waals surface area contributed by atoms with E-state index in [-0.39, 0.29) is 18.9 Å². The largest absolute Gasteiger partial charge is 0.480 e. The Hall–Kier alpha value is -3.87. The Morgan fingerprint density at radius 3 is 2.23 bits per heavy atom. The number of carbonyl (C=O) groups excluding carboxylic acids is 1. The van der Waals surface area contributed by atoms with Gasteiger partial charge >= 0.3 is 12.1 Å². The minimum Gasteiger partial charge on any atom is -0.480 e. The molecule has 0 fully saturated rings. The van der Waals surface area contributed by atoms with Gasteiger partial charge in [-0.25, -0.2) is 14.6 Å². The third-order valence-electron chi connectivity index (χ3n) is 5.65. The number of carboxylic acid groups (broad SMARTS) is 1. The molecular formula is C24H23N3O4. The average Bonchev–Trinajstić information content (AvgIpc) is 3.10. The van der Waals surface area contributed by atoms with Gasteiger partial charge in [-0.15, -0.1) is 0 Å². The minimum absolute atomic E-state index is 0.0886. The topological polar surface area (TPSA) is 106 Å². The molecule has 7 nitrogen and oxygen atoms in total. The first-order chi connectivity index (χ1) is 15.0. The molecule has 3 N–H and O–H groups in total. The molecule has 0 unspecified atom stereocenters. The summed E-state index contributed by atoms with van der Waals surface area (Å²) in [7, 11) is 1.43. The number of pyridine rings is 1. The maximum Gasteiger partial charge on any atom is 0.410 e. The van der Waals surface area contributed by atoms with E-state index in [1.165, 1.54) is 13.2 Å². The zero-order valence-electron chi connectivity index (χ0n) is 17.1. The van der Waals surface area contributed by atoms with Crippen LogP contribution >= 0.6 is 0 Å². The molecule has 1 aliphatic carbocycles. The number of nitrogens with zero attached hydrogens (tertiary/aromatic N) is 2. The van der Waals surface area contributed by atoms with Crippen LogP contribution in [0.3, 0.4) is 0 Å². The van der Waals surface area contributed by atoms with E-state index in [0.717, 1.165) is 27.2 Å². The number of likely N-dealkylation sites (N-methyl/N-ethyl adjacent to an activating group) is 1. The lowest BCUT2D eigenvalue weighted by molar-refractivity contribution is -0.142. The van der Waals surface area contributed by atoms with E-state index in [2.05, 4.69) is 17.1 Å². The Balaban J connectivity index is 1.47. The molecule has 1 aromatic heterocycles. The highest BCUT2D eigenvalue weighted by Gasteiger charge is 2.32. The van der Waals surface area contributed by atoms with Crippen molar-refractivity contribution in [2.24, 2.45) is 0 Å². The second-order valence-electron chi connectivity index (χ2n) is 7.56. The standard InChI is InChI=1S/C24H23N3O4/c1-27(21(23(28)29)12-15-10-11-22(25)26-13-15)24(30)31-14-20-18-8-4-2-6-16(18)17-7-3-5-9-19(17)20/h2-11,13,20-21H,12,14H2,1H3,(H2,25,26)(H,28,29)/t21-/m0/s1. The van der Waals surface area contributed by atoms with Gasteiger partial charge in [-0.3, -0.25) is 4.90 Å². The zero-order chi connectivity index (χ0) is 22.0. The third-order valence-corrected chi connectivity index (χ3v) is 5.65. The summed E-state index contributed by atoms with van der Waals surface area (Å²) in [5.74, 6) is -0.859. The van der Waals surface area contributed by atoms with Crippen LogP contribution in [0.4, 0.5) is 10.6 Å². The monoisotopic (exact) mass is 417 g/mol. The molecule has 1 heterocycles. The number of carbonyl (C=O) groups is 2. The Bertz CT molecular complexity index is 1070. The number of aromatic nitrogens is 1. The lowest BCUT2D eigenvalue weighted by Gasteiger charge is -2.25. The summed E-state index contributed by atoms with van der Waals surface area (Å²) in [5, 5.41) is 9.65. The number of hydrogen-bond donors (Lipinski definition) is 2. The van der Waals surface area contributed by atoms with Gasteiger partial charge in [0.25, 0.3) is 0 Å². The molecule has 0 saturated heterocycles. The summed E-state index contributed by atoms with van der Waals surface area (Å²) in [4.78, 5) is 29.6. The van der Waals surface area contributed by atoms with Crippen molar-refractivity contribution in [1.29, 1.82) is 0 Å². The first-order valence-electron chi connectivity index (χ1n) is 9.96. The Labute approximate surface area is 180 Å². The predicted molar refractivity (Wildman–Crippen MR) is 117 cm³/mol. The van der Waals surface area contributed by atoms with Gasteiger partial charge in [-0.2, -0.15) is 0 Å². The number of carboxylic acids is 1. The molecular weight excluding hydrogens is 394 g/mol. The molecule has 0 radical (unpaired) electrons. The number of anilines is 1. The fraction of sp³-hybridized carbons (Fsp3) is 0.208. The molecule has 0 saturated carbocycles. The number of nitrogen functional groups attached to an aromatic ring is 1. The molecule has 2 aromatic carbocycles. The van der Waals surface area contributed by atoms with Crippen LogP contribution in [0, 0.1) is 0 Å². The number of hydrogen-bond acceptors (Lipinski definition) is 5. The van der Waals surface area contributed by atoms with Crippen LogP contribution in [0.25, 0.3) is 11.1 Å². The number of amides is 1. The van der Waals surface area contributed by atoms with E-state index in [0.29, 0.717) is 11.4 Å². The fourth-order valence-corrected chi connectivity index (χ4v) is 3.99. The molecule has 7 heteroatoms. The summed E-state index contributed by atoms with van der Waals surface area (Å²) in [6.45, 7) is 0.132. The Kier molecular flexibility index (Phi) is 5.58. The molecule has 0 bridgehead atoms. The summed E-state index contributed by atoms with van der Waals surface area (Å²) in [5.41, 5.74) is 10.7. The molecule has 31 heavy (non-hydrogen) atoms. The van der Waals surface area contributed by atoms with Gasteiger partial charge < -0.3 is 15.6 Å². The van der Waals surface area contributed by atoms with Crippen molar-refractivity contribution < 1.29 is 19.4 Å². The minimum atomic E-state index is -1.12. The SMILES string of the molecule is CN(C(=O)OCC1c2ccccc2-c2ccccc21)[C@@H](Cc1ccc(N)nc1)C(=O)O. The van der Waals surface area contributed by atoms with Crippen molar-refractivity contribution in [2.45, 2.75) is 18.4 Å². The van der Waals surface area contributed by atoms with E-state index < -0.39 is 18.1 Å². The van der Waals surface area contributed by atoms with Crippen LogP contribution in [0.15, 0.2) is 66.9 Å². The van der Waals surface area contributed by atoms with Crippen molar-refractivity contribution >= 4 is 17.9 Å². The number of benzene rings is 2. The molecule has 1 atom stereocenters. The Morgan fingerprint density at radius 1 is 1.06 bits per heavy atom. The van der Waals surface area contributed by atoms with Crippen LogP contribution in [-0.2, 0) is 16.0 Å². The van der Waals surface area contributed by atoms with Crippen LogP contribution in [0.1, 0.15) is 22.6 Å². The molecule has 158 valence electrons. The van der Waals surface area contributed by atoms with Gasteiger partial charge in [-0.1, -0.05) is 54.6 Å². The fourth-order valence-electron chi connectivity index (χ4n) is 3.99. The first-order valence-corrected chi connectivity index (χ1v) is 9.96. The molecule has 4 rings (SSSR count). The van der Waals surface area contributed by atoms with E-state index in [1.54, 1.807) is 12.1 Å². The van der Waals surface area contributed by atoms with Gasteiger partial charge in [0.05, 0.1) is 0 Å². The number of aliphatic carboxylic acids is 1. The highest BCUT2D eigenvalue weighted by atomic mass is 16.6. The number of rotatable bonds is 6. The van der Waals surface area contributed by atoms with Gasteiger partial charge in [0.1, 0.15) is 18.5 Å². The maximum absolute atomic E-state index is 12.7. The van der Waals surface area contributed by atoms with E-state index in [9.17, 15) is 14.7 Å². The highest BCUT2D eigenvalue weighted by molar-refractivity contribution is 5.81. The maximum atomic E-state index is 12.7. The van der Waals surface area contributed by atoms with Crippen LogP contribution in [0.5, 0.6) is 0 Å². The summed E-state index contributed by atoms with van der Waals surface area (Å²) < 4.78 is 5.58. The third kappa shape index (κ3) is 4.07. The summed E-state index contributed by atoms with van der Waals surface area (Å²) in [6, 6.07) is 18.3. The lowest BCUT2D eigenvalue weighted by Crippen LogP contribution is -2.44. The molecule has 1 aliphatic rings. The Morgan fingerprint density at radius 2 is 1.68 bits per heavy atom. The van der Waals surface area contributed by atoms with E-state index >= 15 is 0 Å². The summed E-state index contributed by atoms with van der Waals surface area (Å²) >= 11 is 0. The van der Waals surface area contributed by atoms with Crippen molar-refractivity contribution in [3.63, 3.8) is 0 Å². The second-order valence-corrected chi connectivity index (χ2v) is 7.56. The zero-order valence-corrected chi connectivity index (χ0v) is 17.1. The first kappa shape index (κ1) is 20.4. The predicted octanol–water partition coefficient (Wildman–Crippen LogP) is 3.54. The normalized spacial score (nSPS) is 13.2. The number of nitrogens with two attached hydrogens (primary N) is 1. The summed E-state index contributed by atoms with van der Waals surface area (Å²) in [6.07, 6.45) is 0.929. The van der Waals surface area contributed by atoms with Gasteiger partial charge in [0.15, 0.2) is 0 Å². The van der Waals surface area contributed by atoms with Crippen molar-refractivity contribution in [3.8, 4) is 11.1 Å². The number of ether oxygens (including phenoxy) is 1. The lowest BCUT2D eigenvalue weighted by atomic mass is 9.98. The highest BCUT2D eigenvalue weighted by Crippen LogP contribution is 2.44. The van der Waals surface area contributed by atoms with E-state index in [1.807, 2.05) is 36.4 Å². The van der Waals surface area contributed by atoms with Crippen molar-refractivity contribution in [1.82, 2.24) is 9.88 Å². The van der Waals surface area contributed by atoms with Crippen molar-refractivity contribution in [3.05, 3.63) is 83.6 Å². The van der Waals surface area contributed by atoms with Gasteiger partial charge in [-0.05, 0) is 33.9 Å². The van der Waals surface area contributed by atoms with Crippen LogP contribution in [0.2, 0.25) is 0 Å². The number of fused-ring (bicyclic) bond motifs is 3. The van der Waals surface area contributed by atoms with E-state index in [4.69, 9.17) is 10.5 Å². The van der Waals surface area contributed by atoms with Gasteiger partial charge in [0, 0.05) is 25.6 Å². The molecule has 1 amide bonds. The second kappa shape index (κ2) is 8.47. The van der Waals surface area contributed by atoms with Crippen molar-refractivity contribution in [2.75, 3.05) is 19.4 Å². The molecule has 0 spiro atoms. The van der Waals surface area contributed by atoms with Crippen LogP contribution in [-0.4, -0.2) is 46.7 Å².